The molecule has 3 aromatic rings. The molecule has 2 aromatic heterocycles. The zero-order valence-electron chi connectivity index (χ0n) is 12.7. The third-order valence-electron chi connectivity index (χ3n) is 3.24. The van der Waals surface area contributed by atoms with Gasteiger partial charge in [0.1, 0.15) is 5.69 Å². The molecule has 0 aliphatic heterocycles. The Kier molecular flexibility index (Phi) is 4.00. The Morgan fingerprint density at radius 2 is 1.95 bits per heavy atom. The van der Waals surface area contributed by atoms with Crippen LogP contribution < -0.4 is 20.9 Å². The van der Waals surface area contributed by atoms with Gasteiger partial charge in [0.05, 0.1) is 10.6 Å². The summed E-state index contributed by atoms with van der Waals surface area (Å²) in [5, 5.41) is 7.05. The highest BCUT2D eigenvalue weighted by Gasteiger charge is 2.15. The minimum absolute atomic E-state index is 0.598. The van der Waals surface area contributed by atoms with E-state index in [1.165, 1.54) is 17.0 Å². The number of nitrogen functional groups attached to an aromatic ring is 1. The smallest absolute Gasteiger partial charge is 0.337 e. The molecule has 1 aromatic carbocycles. The minimum Gasteiger partial charge on any atom is -0.378 e. The largest absolute Gasteiger partial charge is 0.378 e. The van der Waals surface area contributed by atoms with Crippen LogP contribution in [0, 0.1) is 6.92 Å². The standard InChI is InChI=1S/C15H17N5S2/c1-9-13(22-14(16)17-9)12-8-21-15(19-12)18-10-4-6-11(7-5-10)20(2)3/h4-8H,1-3H3,(H2,16,17)(H,18,19)/p+1. The molecule has 5 nitrogen and oxygen atoms in total. The average molecular weight is 332 g/mol. The monoisotopic (exact) mass is 332 g/mol. The van der Waals surface area contributed by atoms with Crippen molar-refractivity contribution in [2.45, 2.75) is 6.92 Å². The minimum atomic E-state index is 0.598. The highest BCUT2D eigenvalue weighted by Crippen LogP contribution is 2.31. The lowest BCUT2D eigenvalue weighted by Gasteiger charge is -2.11. The van der Waals surface area contributed by atoms with Gasteiger partial charge in [-0.1, -0.05) is 22.7 Å². The lowest BCUT2D eigenvalue weighted by Crippen LogP contribution is -2.09. The number of hydrogen-bond donors (Lipinski definition) is 2. The molecule has 0 aliphatic rings. The van der Waals surface area contributed by atoms with E-state index in [4.69, 9.17) is 5.73 Å². The normalized spacial score (nSPS) is 10.7. The van der Waals surface area contributed by atoms with Crippen LogP contribution in [0.4, 0.5) is 21.6 Å². The van der Waals surface area contributed by atoms with Crippen molar-refractivity contribution in [2.24, 2.45) is 0 Å². The van der Waals surface area contributed by atoms with Gasteiger partial charge in [-0.05, 0) is 31.2 Å². The van der Waals surface area contributed by atoms with Crippen molar-refractivity contribution in [3.8, 4) is 10.6 Å². The first-order valence-electron chi connectivity index (χ1n) is 6.81. The number of benzene rings is 1. The molecule has 0 saturated heterocycles. The Labute approximate surface area is 137 Å². The van der Waals surface area contributed by atoms with Gasteiger partial charge in [0.2, 0.25) is 0 Å². The van der Waals surface area contributed by atoms with Gasteiger partial charge in [-0.15, -0.1) is 0 Å². The molecule has 22 heavy (non-hydrogen) atoms. The van der Waals surface area contributed by atoms with E-state index in [-0.39, 0.29) is 0 Å². The van der Waals surface area contributed by atoms with E-state index in [1.807, 2.05) is 21.0 Å². The second-order valence-corrected chi connectivity index (χ2v) is 7.05. The highest BCUT2D eigenvalue weighted by atomic mass is 32.1. The van der Waals surface area contributed by atoms with Crippen LogP contribution in [0.3, 0.4) is 0 Å². The van der Waals surface area contributed by atoms with Gasteiger partial charge in [-0.2, -0.15) is 0 Å². The van der Waals surface area contributed by atoms with E-state index in [0.29, 0.717) is 5.13 Å². The predicted octanol–water partition coefficient (Wildman–Crippen LogP) is 3.39. The second kappa shape index (κ2) is 5.94. The number of aromatic nitrogens is 2. The van der Waals surface area contributed by atoms with Crippen LogP contribution in [0.2, 0.25) is 0 Å². The molecule has 0 unspecified atom stereocenters. The fraction of sp³-hybridized carbons (Fsp3) is 0.200. The molecule has 3 rings (SSSR count). The molecule has 0 saturated carbocycles. The topological polar surface area (TPSA) is 68.3 Å². The van der Waals surface area contributed by atoms with Crippen LogP contribution in [0.1, 0.15) is 5.69 Å². The first-order chi connectivity index (χ1) is 10.5. The summed E-state index contributed by atoms with van der Waals surface area (Å²) in [7, 11) is 4.07. The molecule has 0 spiro atoms. The van der Waals surface area contributed by atoms with E-state index in [2.05, 4.69) is 49.8 Å². The van der Waals surface area contributed by atoms with Crippen molar-refractivity contribution in [1.29, 1.82) is 0 Å². The van der Waals surface area contributed by atoms with Gasteiger partial charge in [-0.3, -0.25) is 0 Å². The molecule has 4 N–H and O–H groups in total. The lowest BCUT2D eigenvalue weighted by molar-refractivity contribution is -0.340. The Balaban J connectivity index is 1.78. The number of aromatic amines is 1. The number of nitrogens with two attached hydrogens (primary N) is 1. The summed E-state index contributed by atoms with van der Waals surface area (Å²) in [6, 6.07) is 8.31. The van der Waals surface area contributed by atoms with Crippen molar-refractivity contribution in [3.63, 3.8) is 0 Å². The zero-order chi connectivity index (χ0) is 15.7. The fourth-order valence-corrected chi connectivity index (χ4v) is 3.75. The number of hydrogen-bond acceptors (Lipinski definition) is 6. The van der Waals surface area contributed by atoms with Crippen molar-refractivity contribution in [1.82, 2.24) is 4.98 Å². The maximum atomic E-state index is 5.76. The first kappa shape index (κ1) is 14.8. The van der Waals surface area contributed by atoms with Gasteiger partial charge >= 0.3 is 5.13 Å². The maximum Gasteiger partial charge on any atom is 0.337 e. The van der Waals surface area contributed by atoms with E-state index in [1.54, 1.807) is 11.3 Å². The van der Waals surface area contributed by atoms with Crippen LogP contribution in [-0.2, 0) is 0 Å². The number of H-pyrrole nitrogens is 1. The molecule has 0 radical (unpaired) electrons. The van der Waals surface area contributed by atoms with E-state index in [0.717, 1.165) is 27.1 Å². The summed E-state index contributed by atoms with van der Waals surface area (Å²) in [5.41, 5.74) is 9.99. The molecule has 2 heterocycles. The Morgan fingerprint density at radius 1 is 1.23 bits per heavy atom. The molecule has 0 aliphatic carbocycles. The van der Waals surface area contributed by atoms with Gasteiger partial charge in [0.15, 0.2) is 10.8 Å². The van der Waals surface area contributed by atoms with Crippen LogP contribution >= 0.6 is 22.7 Å². The lowest BCUT2D eigenvalue weighted by atomic mass is 10.2. The van der Waals surface area contributed by atoms with Crippen molar-refractivity contribution < 1.29 is 4.98 Å². The van der Waals surface area contributed by atoms with Crippen LogP contribution in [0.5, 0.6) is 0 Å². The summed E-state index contributed by atoms with van der Waals surface area (Å²) in [6.45, 7) is 1.97. The van der Waals surface area contributed by atoms with Gasteiger partial charge in [0.25, 0.3) is 0 Å². The van der Waals surface area contributed by atoms with Gasteiger partial charge in [-0.25, -0.2) is 15.3 Å². The molecule has 7 heteroatoms. The van der Waals surface area contributed by atoms with E-state index >= 15 is 0 Å². The van der Waals surface area contributed by atoms with Crippen LogP contribution in [-0.4, -0.2) is 19.1 Å². The molecule has 0 amide bonds. The maximum absolute atomic E-state index is 5.76. The summed E-state index contributed by atoms with van der Waals surface area (Å²) in [4.78, 5) is 10.8. The quantitative estimate of drug-likeness (QED) is 0.768. The van der Waals surface area contributed by atoms with Crippen LogP contribution in [0.15, 0.2) is 29.6 Å². The SMILES string of the molecule is Cc1nc(N)sc1-c1csc(Nc2ccc(N(C)C)cc2)[nH+]1. The van der Waals surface area contributed by atoms with E-state index in [9.17, 15) is 0 Å². The number of nitrogens with zero attached hydrogens (tertiary/aromatic N) is 2. The van der Waals surface area contributed by atoms with Crippen molar-refractivity contribution >= 4 is 44.3 Å². The summed E-state index contributed by atoms with van der Waals surface area (Å²) >= 11 is 3.13. The fourth-order valence-electron chi connectivity index (χ4n) is 2.11. The molecular weight excluding hydrogens is 314 g/mol. The number of aryl methyl sites for hydroxylation is 1. The zero-order valence-corrected chi connectivity index (χ0v) is 14.3. The first-order valence-corrected chi connectivity index (χ1v) is 8.51. The average Bonchev–Trinajstić information content (AvgIpc) is 3.06. The third-order valence-corrected chi connectivity index (χ3v) is 5.06. The van der Waals surface area contributed by atoms with Gasteiger partial charge in [0, 0.05) is 25.2 Å². The molecule has 0 fully saturated rings. The highest BCUT2D eigenvalue weighted by molar-refractivity contribution is 7.19. The Morgan fingerprint density at radius 3 is 2.55 bits per heavy atom. The predicted molar refractivity (Wildman–Crippen MR) is 95.2 cm³/mol. The molecular formula is C15H18N5S2+. The van der Waals surface area contributed by atoms with Crippen molar-refractivity contribution in [3.05, 3.63) is 35.3 Å². The van der Waals surface area contributed by atoms with E-state index < -0.39 is 0 Å². The molecule has 0 atom stereocenters. The number of anilines is 4. The number of thiazole rings is 2. The molecule has 114 valence electrons. The summed E-state index contributed by atoms with van der Waals surface area (Å²) in [5.74, 6) is 0. The summed E-state index contributed by atoms with van der Waals surface area (Å²) < 4.78 is 0. The second-order valence-electron chi connectivity index (χ2n) is 5.14. The summed E-state index contributed by atoms with van der Waals surface area (Å²) in [6.07, 6.45) is 0. The van der Waals surface area contributed by atoms with Gasteiger partial charge < -0.3 is 10.6 Å². The Hall–Kier alpha value is -2.12. The van der Waals surface area contributed by atoms with Crippen molar-refractivity contribution in [2.75, 3.05) is 30.0 Å². The number of nitrogens with one attached hydrogen (secondary N) is 2. The number of rotatable bonds is 4. The Bertz CT molecular complexity index is 774. The van der Waals surface area contributed by atoms with Crippen LogP contribution in [0.25, 0.3) is 10.6 Å². The third kappa shape index (κ3) is 3.05. The molecule has 0 bridgehead atoms.